The van der Waals surface area contributed by atoms with Crippen LogP contribution in [0.25, 0.3) is 0 Å². The quantitative estimate of drug-likeness (QED) is 0.922. The Kier molecular flexibility index (Phi) is 2.75. The minimum atomic E-state index is -0.0509. The molecule has 4 nitrogen and oxygen atoms in total. The summed E-state index contributed by atoms with van der Waals surface area (Å²) in [6, 6.07) is 6.19. The third-order valence-corrected chi connectivity index (χ3v) is 4.31. The molecule has 2 atom stereocenters. The molecule has 1 aromatic carbocycles. The number of hydrogen-bond acceptors (Lipinski definition) is 3. The topological polar surface area (TPSA) is 53.1 Å². The summed E-state index contributed by atoms with van der Waals surface area (Å²) in [6.45, 7) is 0. The van der Waals surface area contributed by atoms with Crippen LogP contribution in [0.1, 0.15) is 48.7 Å². The molecule has 0 radical (unpaired) electrons. The van der Waals surface area contributed by atoms with Crippen molar-refractivity contribution < 1.29 is 4.74 Å². The zero-order valence-electron chi connectivity index (χ0n) is 11.0. The van der Waals surface area contributed by atoms with Crippen molar-refractivity contribution in [1.82, 2.24) is 9.55 Å². The molecule has 5 heteroatoms. The highest BCUT2D eigenvalue weighted by Gasteiger charge is 2.33. The average Bonchev–Trinajstić information content (AvgIpc) is 3.17. The maximum atomic E-state index is 6.29. The van der Waals surface area contributed by atoms with E-state index in [1.807, 2.05) is 30.7 Å². The van der Waals surface area contributed by atoms with E-state index in [-0.39, 0.29) is 12.1 Å². The van der Waals surface area contributed by atoms with Crippen molar-refractivity contribution in [2.75, 3.05) is 0 Å². The summed E-state index contributed by atoms with van der Waals surface area (Å²) in [5, 5.41) is 0.698. The predicted octanol–water partition coefficient (Wildman–Crippen LogP) is 3.40. The fourth-order valence-electron chi connectivity index (χ4n) is 2.88. The van der Waals surface area contributed by atoms with Gasteiger partial charge >= 0.3 is 0 Å². The number of aromatic nitrogens is 2. The molecule has 2 heterocycles. The highest BCUT2D eigenvalue weighted by molar-refractivity contribution is 6.30. The highest BCUT2D eigenvalue weighted by atomic mass is 35.5. The van der Waals surface area contributed by atoms with Gasteiger partial charge in [0.15, 0.2) is 0 Å². The van der Waals surface area contributed by atoms with Crippen molar-refractivity contribution in [3.63, 3.8) is 0 Å². The lowest BCUT2D eigenvalue weighted by molar-refractivity contribution is 0.153. The summed E-state index contributed by atoms with van der Waals surface area (Å²) in [5.74, 6) is 0.835. The molecule has 1 aliphatic heterocycles. The Morgan fingerprint density at radius 2 is 2.20 bits per heavy atom. The van der Waals surface area contributed by atoms with Crippen LogP contribution in [-0.2, 0) is 0 Å². The Bertz CT molecular complexity index is 650. The first-order valence-corrected chi connectivity index (χ1v) is 7.33. The monoisotopic (exact) mass is 289 g/mol. The minimum absolute atomic E-state index is 0.0261. The molecular weight excluding hydrogens is 274 g/mol. The Balaban J connectivity index is 1.68. The van der Waals surface area contributed by atoms with E-state index in [4.69, 9.17) is 22.1 Å². The minimum Gasteiger partial charge on any atom is -0.484 e. The van der Waals surface area contributed by atoms with E-state index in [2.05, 4.69) is 9.55 Å². The molecule has 1 saturated carbocycles. The van der Waals surface area contributed by atoms with Crippen LogP contribution in [0, 0.1) is 0 Å². The van der Waals surface area contributed by atoms with Crippen LogP contribution in [0.5, 0.6) is 5.75 Å². The molecule has 0 saturated heterocycles. The van der Waals surface area contributed by atoms with E-state index < -0.39 is 0 Å². The molecule has 0 amide bonds. The summed E-state index contributed by atoms with van der Waals surface area (Å²) in [6.07, 6.45) is 6.99. The second-order valence-electron chi connectivity index (χ2n) is 5.59. The van der Waals surface area contributed by atoms with Gasteiger partial charge in [-0.15, -0.1) is 0 Å². The van der Waals surface area contributed by atoms with Gasteiger partial charge in [0.25, 0.3) is 0 Å². The molecule has 2 N–H and O–H groups in total. The van der Waals surface area contributed by atoms with Gasteiger partial charge in [-0.05, 0) is 31.0 Å². The third kappa shape index (κ3) is 2.00. The predicted molar refractivity (Wildman–Crippen MR) is 76.9 cm³/mol. The van der Waals surface area contributed by atoms with Gasteiger partial charge in [0.05, 0.1) is 18.2 Å². The van der Waals surface area contributed by atoms with Gasteiger partial charge in [-0.3, -0.25) is 0 Å². The Morgan fingerprint density at radius 1 is 1.35 bits per heavy atom. The summed E-state index contributed by atoms with van der Waals surface area (Å²) < 4.78 is 8.36. The zero-order valence-corrected chi connectivity index (χ0v) is 11.8. The molecule has 1 fully saturated rings. The smallest absolute Gasteiger partial charge is 0.142 e. The van der Waals surface area contributed by atoms with Gasteiger partial charge in [0.1, 0.15) is 11.9 Å². The summed E-state index contributed by atoms with van der Waals surface area (Å²) in [5.41, 5.74) is 8.41. The fraction of sp³-hybridized carbons (Fsp3) is 0.400. The fourth-order valence-corrected chi connectivity index (χ4v) is 3.06. The molecule has 2 aliphatic rings. The van der Waals surface area contributed by atoms with E-state index in [0.717, 1.165) is 23.4 Å². The first-order valence-electron chi connectivity index (χ1n) is 6.96. The van der Waals surface area contributed by atoms with Gasteiger partial charge < -0.3 is 15.0 Å². The average molecular weight is 290 g/mol. The molecule has 104 valence electrons. The van der Waals surface area contributed by atoms with E-state index in [1.54, 1.807) is 0 Å². The van der Waals surface area contributed by atoms with Gasteiger partial charge in [-0.2, -0.15) is 0 Å². The van der Waals surface area contributed by atoms with Crippen LogP contribution in [-0.4, -0.2) is 9.55 Å². The molecule has 0 spiro atoms. The number of rotatable bonds is 2. The zero-order chi connectivity index (χ0) is 13.7. The largest absolute Gasteiger partial charge is 0.484 e. The van der Waals surface area contributed by atoms with E-state index in [1.165, 1.54) is 12.8 Å². The van der Waals surface area contributed by atoms with Crippen molar-refractivity contribution >= 4 is 11.6 Å². The number of nitrogens with two attached hydrogens (primary N) is 1. The standard InChI is InChI=1S/C15H16ClN3O/c16-9-1-4-14-11(5-9)12(17)6-15(20-14)13-7-18-8-19(13)10-2-3-10/h1,4-5,7-8,10,12,15H,2-3,6,17H2. The number of ether oxygens (including phenoxy) is 1. The molecule has 2 aromatic rings. The maximum Gasteiger partial charge on any atom is 0.142 e. The lowest BCUT2D eigenvalue weighted by atomic mass is 9.96. The van der Waals surface area contributed by atoms with Crippen LogP contribution >= 0.6 is 11.6 Å². The maximum absolute atomic E-state index is 6.29. The molecular formula is C15H16ClN3O. The van der Waals surface area contributed by atoms with E-state index in [0.29, 0.717) is 11.1 Å². The number of nitrogens with zero attached hydrogens (tertiary/aromatic N) is 2. The number of imidazole rings is 1. The number of halogens is 1. The van der Waals surface area contributed by atoms with Crippen LogP contribution < -0.4 is 10.5 Å². The van der Waals surface area contributed by atoms with Gasteiger partial charge in [0.2, 0.25) is 0 Å². The summed E-state index contributed by atoms with van der Waals surface area (Å²) >= 11 is 6.03. The first kappa shape index (κ1) is 12.2. The Hall–Kier alpha value is -1.52. The lowest BCUT2D eigenvalue weighted by Gasteiger charge is -2.30. The lowest BCUT2D eigenvalue weighted by Crippen LogP contribution is -2.25. The van der Waals surface area contributed by atoms with Gasteiger partial charge in [-0.1, -0.05) is 11.6 Å². The second-order valence-corrected chi connectivity index (χ2v) is 6.02. The number of benzene rings is 1. The molecule has 1 aliphatic carbocycles. The molecule has 4 rings (SSSR count). The van der Waals surface area contributed by atoms with Crippen molar-refractivity contribution in [3.8, 4) is 5.75 Å². The summed E-state index contributed by atoms with van der Waals surface area (Å²) in [4.78, 5) is 4.27. The van der Waals surface area contributed by atoms with E-state index >= 15 is 0 Å². The first-order chi connectivity index (χ1) is 9.72. The third-order valence-electron chi connectivity index (χ3n) is 4.07. The van der Waals surface area contributed by atoms with Crippen molar-refractivity contribution in [2.45, 2.75) is 37.5 Å². The SMILES string of the molecule is NC1CC(c2cncn2C2CC2)Oc2ccc(Cl)cc21. The van der Waals surface area contributed by atoms with Crippen molar-refractivity contribution in [3.05, 3.63) is 47.0 Å². The van der Waals surface area contributed by atoms with Gasteiger partial charge in [0, 0.05) is 29.1 Å². The molecule has 20 heavy (non-hydrogen) atoms. The van der Waals surface area contributed by atoms with Crippen molar-refractivity contribution in [2.24, 2.45) is 5.73 Å². The van der Waals surface area contributed by atoms with Crippen LogP contribution in [0.2, 0.25) is 5.02 Å². The Labute approximate surface area is 122 Å². The highest BCUT2D eigenvalue weighted by Crippen LogP contribution is 2.43. The molecule has 2 unspecified atom stereocenters. The van der Waals surface area contributed by atoms with Crippen LogP contribution in [0.4, 0.5) is 0 Å². The van der Waals surface area contributed by atoms with Crippen LogP contribution in [0.3, 0.4) is 0 Å². The number of hydrogen-bond donors (Lipinski definition) is 1. The molecule has 0 bridgehead atoms. The summed E-state index contributed by atoms with van der Waals surface area (Å²) in [7, 11) is 0. The normalized spacial score (nSPS) is 25.1. The molecule has 1 aromatic heterocycles. The van der Waals surface area contributed by atoms with Gasteiger partial charge in [-0.25, -0.2) is 4.98 Å². The second kappa shape index (κ2) is 4.50. The Morgan fingerprint density at radius 3 is 3.00 bits per heavy atom. The van der Waals surface area contributed by atoms with Crippen LogP contribution in [0.15, 0.2) is 30.7 Å². The van der Waals surface area contributed by atoms with E-state index in [9.17, 15) is 0 Å². The number of fused-ring (bicyclic) bond motifs is 1. The van der Waals surface area contributed by atoms with Crippen molar-refractivity contribution in [1.29, 1.82) is 0 Å².